The van der Waals surface area contributed by atoms with Crippen LogP contribution in [0.5, 0.6) is 5.75 Å². The number of hydrogen-bond acceptors (Lipinski definition) is 13. The van der Waals surface area contributed by atoms with Crippen molar-refractivity contribution < 1.29 is 43.1 Å². The first-order chi connectivity index (χ1) is 36.4. The molecule has 8 amide bonds. The van der Waals surface area contributed by atoms with Crippen LogP contribution in [0.2, 0.25) is 0 Å². The molecule has 1 aromatic carbocycles. The van der Waals surface area contributed by atoms with Crippen LogP contribution in [0.15, 0.2) is 51.8 Å². The topological polar surface area (TPSA) is 478 Å². The van der Waals surface area contributed by atoms with E-state index >= 15 is 0 Å². The second-order valence-corrected chi connectivity index (χ2v) is 19.3. The second-order valence-electron chi connectivity index (χ2n) is 19.3. The summed E-state index contributed by atoms with van der Waals surface area (Å²) in [6.07, 6.45) is 3.83. The molecule has 1 aromatic heterocycles. The molecule has 428 valence electrons. The third kappa shape index (κ3) is 24.3. The number of carbonyl (C=O) groups is 8. The highest BCUT2D eigenvalue weighted by Gasteiger charge is 2.36. The van der Waals surface area contributed by atoms with E-state index in [0.29, 0.717) is 17.9 Å². The van der Waals surface area contributed by atoms with Gasteiger partial charge in [-0.05, 0) is 87.0 Å². The van der Waals surface area contributed by atoms with Crippen molar-refractivity contribution in [2.45, 2.75) is 142 Å². The lowest BCUT2D eigenvalue weighted by atomic mass is 9.96. The van der Waals surface area contributed by atoms with E-state index in [1.165, 1.54) is 31.8 Å². The summed E-state index contributed by atoms with van der Waals surface area (Å²) in [7, 11) is 1.48. The Labute approximate surface area is 449 Å². The van der Waals surface area contributed by atoms with E-state index in [2.05, 4.69) is 62.2 Å². The van der Waals surface area contributed by atoms with Gasteiger partial charge in [-0.3, -0.25) is 53.3 Å². The molecule has 2 aromatic rings. The summed E-state index contributed by atoms with van der Waals surface area (Å²) in [5.74, 6) is -7.08. The van der Waals surface area contributed by atoms with Crippen LogP contribution in [-0.4, -0.2) is 144 Å². The molecule has 8 atom stereocenters. The van der Waals surface area contributed by atoms with Gasteiger partial charge in [0.15, 0.2) is 17.9 Å². The lowest BCUT2D eigenvalue weighted by Gasteiger charge is -2.30. The number of ether oxygens (including phenoxy) is 1. The Bertz CT molecular complexity index is 2310. The van der Waals surface area contributed by atoms with Crippen molar-refractivity contribution in [2.24, 2.45) is 72.9 Å². The van der Waals surface area contributed by atoms with Gasteiger partial charge in [-0.25, -0.2) is 4.98 Å². The number of H-pyrrole nitrogens is 1. The van der Waals surface area contributed by atoms with Crippen molar-refractivity contribution in [3.8, 4) is 5.75 Å². The van der Waals surface area contributed by atoms with Gasteiger partial charge >= 0.3 is 0 Å². The van der Waals surface area contributed by atoms with E-state index in [-0.39, 0.29) is 106 Å². The molecule has 0 spiro atoms. The van der Waals surface area contributed by atoms with Crippen LogP contribution in [0, 0.1) is 17.8 Å². The molecule has 2 rings (SSSR count). The van der Waals surface area contributed by atoms with Crippen molar-refractivity contribution in [1.29, 1.82) is 0 Å². The molecule has 1 heterocycles. The second kappa shape index (κ2) is 33.7. The number of aromatic nitrogens is 2. The maximum absolute atomic E-state index is 14.5. The monoisotopic (exact) mass is 1080 g/mol. The fourth-order valence-electron chi connectivity index (χ4n) is 7.68. The fraction of sp³-hybridized carbons (Fsp3) is 0.592. The molecule has 0 aliphatic rings. The molecule has 0 unspecified atom stereocenters. The van der Waals surface area contributed by atoms with Crippen molar-refractivity contribution >= 4 is 65.1 Å². The zero-order chi connectivity index (χ0) is 57.8. The largest absolute Gasteiger partial charge is 0.497 e. The van der Waals surface area contributed by atoms with E-state index in [9.17, 15) is 38.4 Å². The van der Waals surface area contributed by atoms with Crippen LogP contribution in [0.3, 0.4) is 0 Å². The molecule has 0 saturated heterocycles. The Kier molecular flexibility index (Phi) is 28.4. The van der Waals surface area contributed by atoms with Crippen LogP contribution < -0.4 is 82.1 Å². The van der Waals surface area contributed by atoms with Gasteiger partial charge in [0.1, 0.15) is 48.0 Å². The first-order valence-electron chi connectivity index (χ1n) is 25.6. The third-order valence-electron chi connectivity index (χ3n) is 12.1. The quantitative estimate of drug-likeness (QED) is 0.0187. The summed E-state index contributed by atoms with van der Waals surface area (Å²) in [4.78, 5) is 130. The van der Waals surface area contributed by atoms with E-state index in [1.54, 1.807) is 39.8 Å². The minimum absolute atomic E-state index is 0.0284. The minimum Gasteiger partial charge on any atom is -0.497 e. The minimum atomic E-state index is -1.34. The number of imidazole rings is 1. The number of nitrogens with one attached hydrogen (secondary N) is 8. The summed E-state index contributed by atoms with van der Waals surface area (Å²) < 4.78 is 5.19. The Morgan fingerprint density at radius 2 is 1.00 bits per heavy atom. The van der Waals surface area contributed by atoms with E-state index in [0.717, 1.165) is 0 Å². The number of aromatic amines is 1. The summed E-state index contributed by atoms with van der Waals surface area (Å²) in [6.45, 7) is 10.8. The molecular formula is C49H83N19O9. The summed E-state index contributed by atoms with van der Waals surface area (Å²) in [6, 6.07) is -2.51. The third-order valence-corrected chi connectivity index (χ3v) is 12.1. The molecule has 0 aliphatic heterocycles. The number of amides is 8. The highest BCUT2D eigenvalue weighted by atomic mass is 16.5. The smallest absolute Gasteiger partial charge is 0.251 e. The summed E-state index contributed by atoms with van der Waals surface area (Å²) >= 11 is 0. The average molecular weight is 1080 g/mol. The van der Waals surface area contributed by atoms with Crippen LogP contribution in [0.1, 0.15) is 109 Å². The Morgan fingerprint density at radius 3 is 1.43 bits per heavy atom. The molecule has 0 radical (unpaired) electrons. The number of rotatable bonds is 35. The predicted molar refractivity (Wildman–Crippen MR) is 291 cm³/mol. The van der Waals surface area contributed by atoms with E-state index in [1.807, 2.05) is 13.8 Å². The maximum atomic E-state index is 14.5. The van der Waals surface area contributed by atoms with Crippen molar-refractivity contribution in [3.63, 3.8) is 0 Å². The van der Waals surface area contributed by atoms with Gasteiger partial charge in [-0.15, -0.1) is 0 Å². The van der Waals surface area contributed by atoms with Gasteiger partial charge in [0.05, 0.1) is 13.4 Å². The summed E-state index contributed by atoms with van der Waals surface area (Å²) in [5.41, 5.74) is 39.5. The SMILES string of the molecule is CC[C@H](C)[C@H](NC(=O)[C@H](CCCN=C(N)N)NC(=O)[C@H](CCCN=C(N)N)NC(=O)c1ccc(OC)cc1)C(=O)N[C@@H](CCCN=C(N)N)C(=O)N[C@@H](CC(C)C)C(=O)N[C@@H](Cc1cnc[nH]1)C(=O)N[C@H](C(N)=O)C(C)C. The number of aliphatic imine (C=N–C) groups is 3. The van der Waals surface area contributed by atoms with Crippen molar-refractivity contribution in [3.05, 3.63) is 48.0 Å². The number of carbonyl (C=O) groups excluding carboxylic acids is 8. The first kappa shape index (κ1) is 64.9. The molecule has 0 bridgehead atoms. The van der Waals surface area contributed by atoms with E-state index < -0.39 is 95.5 Å². The molecule has 28 nitrogen and oxygen atoms in total. The zero-order valence-corrected chi connectivity index (χ0v) is 45.2. The molecule has 28 heteroatoms. The standard InChI is InChI=1S/C49H83N19O9/c1-8-28(6)38(68-43(73)34(14-11-21-60-49(55)56)63-41(71)32(12-9-19-58-47(51)52)62-40(70)29-15-17-31(77-7)18-16-29)46(76)64-33(13-10-20-59-48(53)54)42(72)65-35(22-26(2)3)44(74)66-36(23-30-24-57-25-61-30)45(75)67-37(27(4)5)39(50)69/h15-18,24-28,32-38H,8-14,19-23H2,1-7H3,(H2,50,69)(H,57,61)(H,62,70)(H,63,71)(H,64,76)(H,65,72)(H,66,74)(H,67,75)(H,68,73)(H4,51,52,58)(H4,53,54,59)(H4,55,56,60)/t28-,32-,33-,34-,35-,36-,37-,38-/m0/s1. The molecule has 0 saturated carbocycles. The Morgan fingerprint density at radius 1 is 0.571 bits per heavy atom. The molecular weight excluding hydrogens is 999 g/mol. The number of guanidine groups is 3. The van der Waals surface area contributed by atoms with Gasteiger partial charge in [-0.1, -0.05) is 48.0 Å². The fourth-order valence-corrected chi connectivity index (χ4v) is 7.68. The van der Waals surface area contributed by atoms with Crippen molar-refractivity contribution in [1.82, 2.24) is 47.2 Å². The molecule has 0 fully saturated rings. The Hall–Kier alpha value is -8.20. The first-order valence-corrected chi connectivity index (χ1v) is 25.6. The van der Waals surface area contributed by atoms with Crippen LogP contribution >= 0.6 is 0 Å². The highest BCUT2D eigenvalue weighted by Crippen LogP contribution is 2.15. The zero-order valence-electron chi connectivity index (χ0n) is 45.2. The van der Waals surface area contributed by atoms with Crippen LogP contribution in [-0.2, 0) is 40.0 Å². The van der Waals surface area contributed by atoms with Crippen LogP contribution in [0.4, 0.5) is 0 Å². The predicted octanol–water partition coefficient (Wildman–Crippen LogP) is -2.94. The van der Waals surface area contributed by atoms with Gasteiger partial charge in [0.2, 0.25) is 41.4 Å². The lowest BCUT2D eigenvalue weighted by Crippen LogP contribution is -2.61. The van der Waals surface area contributed by atoms with Gasteiger partial charge in [-0.2, -0.15) is 0 Å². The van der Waals surface area contributed by atoms with Crippen molar-refractivity contribution in [2.75, 3.05) is 26.7 Å². The number of benzene rings is 1. The molecule has 22 N–H and O–H groups in total. The van der Waals surface area contributed by atoms with Gasteiger partial charge in [0.25, 0.3) is 5.91 Å². The number of nitrogens with zero attached hydrogens (tertiary/aromatic N) is 4. The lowest BCUT2D eigenvalue weighted by molar-refractivity contribution is -0.136. The number of primary amides is 1. The average Bonchev–Trinajstić information content (AvgIpc) is 3.89. The Balaban J connectivity index is 2.52. The highest BCUT2D eigenvalue weighted by molar-refractivity contribution is 6.00. The molecule has 77 heavy (non-hydrogen) atoms. The number of methoxy groups -OCH3 is 1. The summed E-state index contributed by atoms with van der Waals surface area (Å²) in [5, 5.41) is 19.1. The van der Waals surface area contributed by atoms with Gasteiger partial charge in [0, 0.05) is 43.5 Å². The van der Waals surface area contributed by atoms with E-state index in [4.69, 9.17) is 44.9 Å². The normalized spacial score (nSPS) is 14.1. The number of nitrogens with two attached hydrogens (primary N) is 7. The molecule has 0 aliphatic carbocycles. The maximum Gasteiger partial charge on any atom is 0.251 e. The van der Waals surface area contributed by atoms with Gasteiger partial charge < -0.3 is 87.1 Å². The number of hydrogen-bond donors (Lipinski definition) is 15. The van der Waals surface area contributed by atoms with Crippen LogP contribution in [0.25, 0.3) is 0 Å².